The predicted molar refractivity (Wildman–Crippen MR) is 108 cm³/mol. The van der Waals surface area contributed by atoms with Crippen molar-refractivity contribution in [2.75, 3.05) is 38.2 Å². The summed E-state index contributed by atoms with van der Waals surface area (Å²) in [5.74, 6) is 1.04. The maximum atomic E-state index is 12.6. The normalized spacial score (nSPS) is 21.8. The number of aromatic nitrogens is 1. The summed E-state index contributed by atoms with van der Waals surface area (Å²) in [7, 11) is 0. The highest BCUT2D eigenvalue weighted by atomic mass is 32.2. The van der Waals surface area contributed by atoms with Crippen molar-refractivity contribution in [1.29, 1.82) is 0 Å². The highest BCUT2D eigenvalue weighted by Crippen LogP contribution is 2.24. The van der Waals surface area contributed by atoms with E-state index in [-0.39, 0.29) is 17.7 Å². The van der Waals surface area contributed by atoms with Gasteiger partial charge >= 0.3 is 0 Å². The van der Waals surface area contributed by atoms with Gasteiger partial charge in [0.1, 0.15) is 0 Å². The van der Waals surface area contributed by atoms with Crippen molar-refractivity contribution < 1.29 is 9.59 Å². The number of rotatable bonds is 6. The molecule has 2 fully saturated rings. The van der Waals surface area contributed by atoms with Gasteiger partial charge in [0.2, 0.25) is 11.8 Å². The lowest BCUT2D eigenvalue weighted by atomic mass is 9.93. The molecule has 2 saturated heterocycles. The van der Waals surface area contributed by atoms with E-state index in [4.69, 9.17) is 0 Å². The molecule has 0 aromatic carbocycles. The van der Waals surface area contributed by atoms with E-state index in [9.17, 15) is 9.59 Å². The monoisotopic (exact) mass is 390 g/mol. The Morgan fingerprint density at radius 1 is 1.26 bits per heavy atom. The van der Waals surface area contributed by atoms with Crippen LogP contribution in [-0.2, 0) is 16.1 Å². The second-order valence-corrected chi connectivity index (χ2v) is 8.32. The number of carbonyl (C=O) groups excluding carboxylic acids is 2. The van der Waals surface area contributed by atoms with Crippen molar-refractivity contribution in [1.82, 2.24) is 20.1 Å². The number of nitrogens with zero attached hydrogens (tertiary/aromatic N) is 3. The van der Waals surface area contributed by atoms with Gasteiger partial charge in [-0.1, -0.05) is 6.07 Å². The Hall–Kier alpha value is -1.60. The largest absolute Gasteiger partial charge is 0.352 e. The molecule has 1 N–H and O–H groups in total. The van der Waals surface area contributed by atoms with Crippen LogP contribution in [0.15, 0.2) is 24.5 Å². The van der Waals surface area contributed by atoms with Crippen molar-refractivity contribution in [2.24, 2.45) is 5.92 Å². The number of pyridine rings is 1. The quantitative estimate of drug-likeness (QED) is 0.802. The molecule has 2 aliphatic heterocycles. The average Bonchev–Trinajstić information content (AvgIpc) is 2.73. The van der Waals surface area contributed by atoms with Crippen LogP contribution < -0.4 is 5.32 Å². The minimum absolute atomic E-state index is 0.0616. The minimum Gasteiger partial charge on any atom is -0.352 e. The van der Waals surface area contributed by atoms with Crippen molar-refractivity contribution in [2.45, 2.75) is 38.3 Å². The number of hydrogen-bond acceptors (Lipinski definition) is 5. The molecule has 0 unspecified atom stereocenters. The zero-order valence-electron chi connectivity index (χ0n) is 16.1. The van der Waals surface area contributed by atoms with Gasteiger partial charge in [-0.15, -0.1) is 0 Å². The molecule has 148 valence electrons. The summed E-state index contributed by atoms with van der Waals surface area (Å²) in [6.07, 6.45) is 9.56. The fourth-order valence-corrected chi connectivity index (χ4v) is 4.51. The number of carbonyl (C=O) groups is 2. The van der Waals surface area contributed by atoms with E-state index in [1.54, 1.807) is 24.2 Å². The van der Waals surface area contributed by atoms with Crippen LogP contribution >= 0.6 is 11.8 Å². The molecule has 27 heavy (non-hydrogen) atoms. The van der Waals surface area contributed by atoms with Gasteiger partial charge < -0.3 is 10.2 Å². The molecule has 0 bridgehead atoms. The molecule has 3 heterocycles. The Kier molecular flexibility index (Phi) is 7.52. The Morgan fingerprint density at radius 3 is 2.78 bits per heavy atom. The van der Waals surface area contributed by atoms with Gasteiger partial charge in [-0.2, -0.15) is 11.8 Å². The molecule has 1 aromatic heterocycles. The van der Waals surface area contributed by atoms with E-state index < -0.39 is 0 Å². The third-order valence-electron chi connectivity index (χ3n) is 5.61. The van der Waals surface area contributed by atoms with E-state index in [0.717, 1.165) is 57.4 Å². The summed E-state index contributed by atoms with van der Waals surface area (Å²) in [6.45, 7) is 4.13. The van der Waals surface area contributed by atoms with E-state index in [1.165, 1.54) is 0 Å². The van der Waals surface area contributed by atoms with Crippen molar-refractivity contribution in [3.63, 3.8) is 0 Å². The molecule has 7 heteroatoms. The molecule has 2 amide bonds. The van der Waals surface area contributed by atoms with E-state index in [0.29, 0.717) is 18.3 Å². The van der Waals surface area contributed by atoms with Crippen LogP contribution in [0.1, 0.15) is 31.2 Å². The summed E-state index contributed by atoms with van der Waals surface area (Å²) < 4.78 is 0. The first kappa shape index (κ1) is 20.1. The molecule has 3 rings (SSSR count). The van der Waals surface area contributed by atoms with Crippen LogP contribution in [-0.4, -0.2) is 70.8 Å². The van der Waals surface area contributed by atoms with Gasteiger partial charge in [0.05, 0.1) is 11.7 Å². The number of amides is 2. The Balaban J connectivity index is 1.45. The zero-order valence-corrected chi connectivity index (χ0v) is 16.9. The third-order valence-corrected chi connectivity index (χ3v) is 6.15. The van der Waals surface area contributed by atoms with Crippen LogP contribution in [0.2, 0.25) is 0 Å². The summed E-state index contributed by atoms with van der Waals surface area (Å²) in [5.41, 5.74) is 1.03. The second kappa shape index (κ2) is 10.1. The predicted octanol–water partition coefficient (Wildman–Crippen LogP) is 1.76. The molecular formula is C20H30N4O2S. The first-order valence-corrected chi connectivity index (χ1v) is 11.2. The fourth-order valence-electron chi connectivity index (χ4n) is 4.08. The molecule has 0 spiro atoms. The van der Waals surface area contributed by atoms with Gasteiger partial charge in [0, 0.05) is 44.6 Å². The average molecular weight is 391 g/mol. The van der Waals surface area contributed by atoms with Crippen LogP contribution in [0.5, 0.6) is 0 Å². The maximum Gasteiger partial charge on any atom is 0.232 e. The van der Waals surface area contributed by atoms with Crippen LogP contribution in [0, 0.1) is 5.92 Å². The van der Waals surface area contributed by atoms with Crippen molar-refractivity contribution >= 4 is 23.6 Å². The lowest BCUT2D eigenvalue weighted by molar-refractivity contribution is -0.130. The van der Waals surface area contributed by atoms with E-state index in [2.05, 4.69) is 15.2 Å². The highest BCUT2D eigenvalue weighted by Gasteiger charge is 2.32. The van der Waals surface area contributed by atoms with Crippen LogP contribution in [0.3, 0.4) is 0 Å². The molecule has 6 nitrogen and oxygen atoms in total. The number of hydrogen-bond donors (Lipinski definition) is 1. The fraction of sp³-hybridized carbons (Fsp3) is 0.650. The summed E-state index contributed by atoms with van der Waals surface area (Å²) in [4.78, 5) is 33.2. The highest BCUT2D eigenvalue weighted by molar-refractivity contribution is 7.99. The van der Waals surface area contributed by atoms with Crippen molar-refractivity contribution in [3.05, 3.63) is 30.1 Å². The van der Waals surface area contributed by atoms with Crippen LogP contribution in [0.25, 0.3) is 0 Å². The van der Waals surface area contributed by atoms with E-state index >= 15 is 0 Å². The van der Waals surface area contributed by atoms with Gasteiger partial charge in [-0.3, -0.25) is 19.5 Å². The number of likely N-dealkylation sites (tertiary alicyclic amines) is 2. The summed E-state index contributed by atoms with van der Waals surface area (Å²) in [5, 5.41) is 3.07. The lowest BCUT2D eigenvalue weighted by Crippen LogP contribution is -2.51. The minimum atomic E-state index is 0.0616. The lowest BCUT2D eigenvalue weighted by Gasteiger charge is -2.42. The summed E-state index contributed by atoms with van der Waals surface area (Å²) >= 11 is 1.59. The standard InChI is InChI=1S/C20H30N4O2S/c1-27-15-19(25)23-10-6-18(7-11-23)24-9-3-5-17(14-24)20(26)22-13-16-4-2-8-21-12-16/h2,4,8,12,17-18H,3,5-7,9-11,13-15H2,1H3,(H,22,26)/t17-/m0/s1. The molecule has 2 aliphatic rings. The molecule has 0 saturated carbocycles. The molecule has 1 atom stereocenters. The van der Waals surface area contributed by atoms with Crippen molar-refractivity contribution in [3.8, 4) is 0 Å². The van der Waals surface area contributed by atoms with Crippen LogP contribution in [0.4, 0.5) is 0 Å². The topological polar surface area (TPSA) is 65.5 Å². The Morgan fingerprint density at radius 2 is 2.07 bits per heavy atom. The van der Waals surface area contributed by atoms with Gasteiger partial charge in [0.25, 0.3) is 0 Å². The Labute approximate surface area is 166 Å². The molecule has 0 radical (unpaired) electrons. The van der Waals surface area contributed by atoms with Gasteiger partial charge in [-0.25, -0.2) is 0 Å². The zero-order chi connectivity index (χ0) is 19.1. The first-order valence-electron chi connectivity index (χ1n) is 9.84. The summed E-state index contributed by atoms with van der Waals surface area (Å²) in [6, 6.07) is 4.37. The Bertz CT molecular complexity index is 620. The molecular weight excluding hydrogens is 360 g/mol. The second-order valence-electron chi connectivity index (χ2n) is 7.46. The van der Waals surface area contributed by atoms with E-state index in [1.807, 2.05) is 23.3 Å². The number of piperidine rings is 2. The van der Waals surface area contributed by atoms with Gasteiger partial charge in [-0.05, 0) is 50.1 Å². The number of thioether (sulfide) groups is 1. The smallest absolute Gasteiger partial charge is 0.232 e. The number of nitrogens with one attached hydrogen (secondary N) is 1. The SMILES string of the molecule is CSCC(=O)N1CCC(N2CCC[C@H](C(=O)NCc3cccnc3)C2)CC1. The molecule has 0 aliphatic carbocycles. The first-order chi connectivity index (χ1) is 13.2. The third kappa shape index (κ3) is 5.69. The van der Waals surface area contributed by atoms with Gasteiger partial charge in [0.15, 0.2) is 0 Å². The maximum absolute atomic E-state index is 12.6. The molecule has 1 aromatic rings.